The molecule has 0 aliphatic heterocycles. The van der Waals surface area contributed by atoms with Crippen LogP contribution in [0.15, 0.2) is 52.1 Å². The van der Waals surface area contributed by atoms with Gasteiger partial charge in [0, 0.05) is 23.7 Å². The molecule has 0 unspecified atom stereocenters. The second kappa shape index (κ2) is 10.1. The monoisotopic (exact) mass is 458 g/mol. The van der Waals surface area contributed by atoms with Crippen molar-refractivity contribution in [3.05, 3.63) is 86.1 Å². The van der Waals surface area contributed by atoms with Crippen LogP contribution in [0.25, 0.3) is 0 Å². The lowest BCUT2D eigenvalue weighted by atomic mass is 10.1. The van der Waals surface area contributed by atoms with E-state index in [-0.39, 0.29) is 30.2 Å². The molecule has 2 aromatic carbocycles. The molecule has 0 aliphatic carbocycles. The predicted octanol–water partition coefficient (Wildman–Crippen LogP) is 3.05. The Morgan fingerprint density at radius 3 is 2.45 bits per heavy atom. The number of H-pyrrole nitrogens is 1. The van der Waals surface area contributed by atoms with Crippen LogP contribution in [0, 0.1) is 11.6 Å². The zero-order valence-corrected chi connectivity index (χ0v) is 18.2. The van der Waals surface area contributed by atoms with E-state index in [4.69, 9.17) is 10.5 Å². The zero-order chi connectivity index (χ0) is 24.1. The summed E-state index contributed by atoms with van der Waals surface area (Å²) in [5.41, 5.74) is 4.47. The van der Waals surface area contributed by atoms with Crippen LogP contribution in [-0.4, -0.2) is 22.6 Å². The van der Waals surface area contributed by atoms with Gasteiger partial charge in [-0.25, -0.2) is 13.6 Å². The molecule has 0 fully saturated rings. The first kappa shape index (κ1) is 23.7. The molecule has 1 aromatic heterocycles. The molecule has 1 heterocycles. The Labute approximate surface area is 188 Å². The Morgan fingerprint density at radius 1 is 1.15 bits per heavy atom. The van der Waals surface area contributed by atoms with Crippen molar-refractivity contribution in [3.8, 4) is 5.75 Å². The highest BCUT2D eigenvalue weighted by atomic mass is 19.1. The molecular formula is C23H24F2N4O4. The lowest BCUT2D eigenvalue weighted by Crippen LogP contribution is -2.41. The van der Waals surface area contributed by atoms with Gasteiger partial charge in [-0.15, -0.1) is 0 Å². The molecule has 0 aliphatic rings. The van der Waals surface area contributed by atoms with Crippen molar-refractivity contribution in [2.45, 2.75) is 32.9 Å². The van der Waals surface area contributed by atoms with Crippen molar-refractivity contribution in [2.75, 3.05) is 17.7 Å². The molecule has 0 spiro atoms. The number of nitrogens with one attached hydrogen (secondary N) is 1. The molecule has 0 atom stereocenters. The number of ether oxygens (including phenoxy) is 1. The van der Waals surface area contributed by atoms with E-state index in [1.54, 1.807) is 24.3 Å². The third-order valence-corrected chi connectivity index (χ3v) is 5.09. The van der Waals surface area contributed by atoms with Crippen LogP contribution in [0.5, 0.6) is 5.75 Å². The van der Waals surface area contributed by atoms with Crippen LogP contribution in [-0.2, 0) is 13.1 Å². The minimum absolute atomic E-state index is 0.208. The maximum Gasteiger partial charge on any atom is 0.330 e. The molecule has 3 N–H and O–H groups in total. The standard InChI is InChI=1S/C23H24F2N4O4/c1-3-4-9-28-20(26)19(21(30)27-23(28)32)29(13-14-7-5-6-8-18(14)33-2)22(31)15-10-16(24)12-17(25)11-15/h5-8,10-12H,3-4,9,13,26H2,1-2H3,(H,27,30,32). The van der Waals surface area contributed by atoms with E-state index >= 15 is 0 Å². The molecule has 0 radical (unpaired) electrons. The Bertz CT molecular complexity index is 1270. The van der Waals surface area contributed by atoms with Gasteiger partial charge in [0.15, 0.2) is 5.69 Å². The Balaban J connectivity index is 2.22. The van der Waals surface area contributed by atoms with E-state index in [2.05, 4.69) is 4.98 Å². The van der Waals surface area contributed by atoms with Crippen molar-refractivity contribution in [2.24, 2.45) is 0 Å². The third kappa shape index (κ3) is 5.11. The number of carbonyl (C=O) groups is 1. The predicted molar refractivity (Wildman–Crippen MR) is 121 cm³/mol. The summed E-state index contributed by atoms with van der Waals surface area (Å²) in [5.74, 6) is -2.58. The van der Waals surface area contributed by atoms with Gasteiger partial charge in [0.1, 0.15) is 23.2 Å². The number of nitrogens with zero attached hydrogens (tertiary/aromatic N) is 2. The number of unbranched alkanes of at least 4 members (excludes halogenated alkanes) is 1. The number of hydrogen-bond acceptors (Lipinski definition) is 5. The van der Waals surface area contributed by atoms with Gasteiger partial charge in [-0.1, -0.05) is 31.5 Å². The summed E-state index contributed by atoms with van der Waals surface area (Å²) in [6.45, 7) is 1.93. The number of aromatic nitrogens is 2. The minimum atomic E-state index is -0.953. The van der Waals surface area contributed by atoms with Crippen LogP contribution >= 0.6 is 0 Å². The highest BCUT2D eigenvalue weighted by molar-refractivity contribution is 6.07. The van der Waals surface area contributed by atoms with Crippen LogP contribution in [0.4, 0.5) is 20.3 Å². The highest BCUT2D eigenvalue weighted by Gasteiger charge is 2.27. The number of halogens is 2. The average Bonchev–Trinajstić information content (AvgIpc) is 2.77. The van der Waals surface area contributed by atoms with E-state index in [0.29, 0.717) is 23.8 Å². The van der Waals surface area contributed by atoms with E-state index in [1.165, 1.54) is 7.11 Å². The van der Waals surface area contributed by atoms with Crippen molar-refractivity contribution < 1.29 is 18.3 Å². The van der Waals surface area contributed by atoms with Gasteiger partial charge in [0.25, 0.3) is 11.5 Å². The van der Waals surface area contributed by atoms with Gasteiger partial charge in [-0.2, -0.15) is 0 Å². The van der Waals surface area contributed by atoms with Crippen LogP contribution in [0.2, 0.25) is 0 Å². The average molecular weight is 458 g/mol. The number of para-hydroxylation sites is 1. The Kier molecular flexibility index (Phi) is 7.27. The molecule has 174 valence electrons. The molecular weight excluding hydrogens is 434 g/mol. The number of nitrogens with two attached hydrogens (primary N) is 1. The normalized spacial score (nSPS) is 10.8. The summed E-state index contributed by atoms with van der Waals surface area (Å²) >= 11 is 0. The van der Waals surface area contributed by atoms with Crippen LogP contribution < -0.4 is 26.6 Å². The van der Waals surface area contributed by atoms with Crippen molar-refractivity contribution in [1.82, 2.24) is 9.55 Å². The fraction of sp³-hybridized carbons (Fsp3) is 0.261. The summed E-state index contributed by atoms with van der Waals surface area (Å²) in [6, 6.07) is 9.11. The quantitative estimate of drug-likeness (QED) is 0.539. The third-order valence-electron chi connectivity index (χ3n) is 5.09. The van der Waals surface area contributed by atoms with E-state index < -0.39 is 28.8 Å². The first-order valence-electron chi connectivity index (χ1n) is 10.3. The molecule has 0 bridgehead atoms. The van der Waals surface area contributed by atoms with Gasteiger partial charge in [0.05, 0.1) is 13.7 Å². The van der Waals surface area contributed by atoms with E-state index in [9.17, 15) is 23.2 Å². The Morgan fingerprint density at radius 2 is 1.82 bits per heavy atom. The molecule has 3 rings (SSSR count). The first-order chi connectivity index (χ1) is 15.8. The Hall–Kier alpha value is -3.95. The number of nitrogen functional groups attached to an aromatic ring is 1. The van der Waals surface area contributed by atoms with E-state index in [1.807, 2.05) is 6.92 Å². The van der Waals surface area contributed by atoms with Crippen molar-refractivity contribution in [3.63, 3.8) is 0 Å². The smallest absolute Gasteiger partial charge is 0.330 e. The summed E-state index contributed by atoms with van der Waals surface area (Å²) in [7, 11) is 1.44. The summed E-state index contributed by atoms with van der Waals surface area (Å²) in [5, 5.41) is 0. The topological polar surface area (TPSA) is 110 Å². The lowest BCUT2D eigenvalue weighted by Gasteiger charge is -2.25. The second-order valence-corrected chi connectivity index (χ2v) is 7.36. The number of rotatable bonds is 8. The van der Waals surface area contributed by atoms with E-state index in [0.717, 1.165) is 28.0 Å². The molecule has 1 amide bonds. The van der Waals surface area contributed by atoms with Crippen LogP contribution in [0.1, 0.15) is 35.7 Å². The number of anilines is 2. The first-order valence-corrected chi connectivity index (χ1v) is 10.3. The number of methoxy groups -OCH3 is 1. The fourth-order valence-electron chi connectivity index (χ4n) is 3.47. The number of carbonyl (C=O) groups excluding carboxylic acids is 1. The maximum atomic E-state index is 13.8. The molecule has 8 nitrogen and oxygen atoms in total. The maximum absolute atomic E-state index is 13.8. The number of aromatic amines is 1. The van der Waals surface area contributed by atoms with Gasteiger partial charge in [-0.05, 0) is 24.6 Å². The summed E-state index contributed by atoms with van der Waals surface area (Å²) < 4.78 is 34.2. The SMILES string of the molecule is CCCCn1c(N)c(N(Cc2ccccc2OC)C(=O)c2cc(F)cc(F)c2)c(=O)[nH]c1=O. The summed E-state index contributed by atoms with van der Waals surface area (Å²) in [4.78, 5) is 41.7. The molecule has 10 heteroatoms. The molecule has 3 aromatic rings. The molecule has 33 heavy (non-hydrogen) atoms. The van der Waals surface area contributed by atoms with Crippen molar-refractivity contribution >= 4 is 17.4 Å². The zero-order valence-electron chi connectivity index (χ0n) is 18.2. The lowest BCUT2D eigenvalue weighted by molar-refractivity contribution is 0.0983. The van der Waals surface area contributed by atoms with Gasteiger partial charge in [0.2, 0.25) is 0 Å². The second-order valence-electron chi connectivity index (χ2n) is 7.36. The van der Waals surface area contributed by atoms with Crippen molar-refractivity contribution in [1.29, 1.82) is 0 Å². The summed E-state index contributed by atoms with van der Waals surface area (Å²) in [6.07, 6.45) is 1.36. The van der Waals surface area contributed by atoms with Crippen LogP contribution in [0.3, 0.4) is 0 Å². The number of hydrogen-bond donors (Lipinski definition) is 2. The molecule has 0 saturated heterocycles. The van der Waals surface area contributed by atoms with Gasteiger partial charge >= 0.3 is 5.69 Å². The minimum Gasteiger partial charge on any atom is -0.496 e. The number of amides is 1. The number of benzene rings is 2. The fourth-order valence-corrected chi connectivity index (χ4v) is 3.47. The largest absolute Gasteiger partial charge is 0.496 e. The van der Waals surface area contributed by atoms with Gasteiger partial charge in [-0.3, -0.25) is 24.0 Å². The van der Waals surface area contributed by atoms with Gasteiger partial charge < -0.3 is 10.5 Å². The highest BCUT2D eigenvalue weighted by Crippen LogP contribution is 2.26. The molecule has 0 saturated carbocycles.